The second-order valence-electron chi connectivity index (χ2n) is 3.38. The third-order valence-corrected chi connectivity index (χ3v) is 2.50. The van der Waals surface area contributed by atoms with E-state index in [1.165, 1.54) is 7.11 Å². The second kappa shape index (κ2) is 7.37. The molecule has 1 amide bonds. The Morgan fingerprint density at radius 3 is 2.65 bits per heavy atom. The summed E-state index contributed by atoms with van der Waals surface area (Å²) in [5.74, 6) is 0.433. The van der Waals surface area contributed by atoms with Crippen molar-refractivity contribution < 1.29 is 9.53 Å². The Labute approximate surface area is 112 Å². The van der Waals surface area contributed by atoms with Crippen molar-refractivity contribution in [3.8, 4) is 5.75 Å². The van der Waals surface area contributed by atoms with Gasteiger partial charge in [-0.05, 0) is 25.6 Å². The summed E-state index contributed by atoms with van der Waals surface area (Å²) in [7, 11) is 3.25. The lowest BCUT2D eigenvalue weighted by molar-refractivity contribution is -0.115. The van der Waals surface area contributed by atoms with Crippen LogP contribution < -0.4 is 15.4 Å². The van der Waals surface area contributed by atoms with Crippen LogP contribution in [0.4, 0.5) is 5.69 Å². The molecule has 0 aromatic heterocycles. The number of likely N-dealkylation sites (N-methyl/N-ethyl adjacent to an activating group) is 1. The summed E-state index contributed by atoms with van der Waals surface area (Å²) >= 11 is 5.96. The standard InChI is InChI=1S/C11H15ClN2O2.ClH/c1-7-4-9(14-11(15)6-13-2)10(16-3)5-8(7)12;/h4-5,13H,6H2,1-3H3,(H,14,15);1H. The van der Waals surface area contributed by atoms with Gasteiger partial charge in [0.2, 0.25) is 5.91 Å². The summed E-state index contributed by atoms with van der Waals surface area (Å²) < 4.78 is 5.14. The monoisotopic (exact) mass is 278 g/mol. The fourth-order valence-electron chi connectivity index (χ4n) is 1.28. The Hall–Kier alpha value is -0.970. The molecule has 0 fully saturated rings. The topological polar surface area (TPSA) is 50.4 Å². The summed E-state index contributed by atoms with van der Waals surface area (Å²) in [6, 6.07) is 3.47. The fourth-order valence-corrected chi connectivity index (χ4v) is 1.44. The molecule has 0 aliphatic rings. The predicted molar refractivity (Wildman–Crippen MR) is 72.5 cm³/mol. The van der Waals surface area contributed by atoms with E-state index in [0.29, 0.717) is 16.5 Å². The first kappa shape index (κ1) is 16.0. The van der Waals surface area contributed by atoms with Crippen molar-refractivity contribution in [2.45, 2.75) is 6.92 Å². The molecular formula is C11H16Cl2N2O2. The zero-order valence-corrected chi connectivity index (χ0v) is 11.5. The Kier molecular flexibility index (Phi) is 6.95. The molecule has 0 saturated heterocycles. The van der Waals surface area contributed by atoms with Crippen LogP contribution in [-0.2, 0) is 4.79 Å². The number of hydrogen-bond acceptors (Lipinski definition) is 3. The average Bonchev–Trinajstić information content (AvgIpc) is 2.23. The average molecular weight is 279 g/mol. The van der Waals surface area contributed by atoms with E-state index >= 15 is 0 Å². The summed E-state index contributed by atoms with van der Waals surface area (Å²) in [6.45, 7) is 2.13. The zero-order chi connectivity index (χ0) is 12.1. The number of nitrogens with one attached hydrogen (secondary N) is 2. The van der Waals surface area contributed by atoms with Crippen molar-refractivity contribution in [1.29, 1.82) is 0 Å². The number of carbonyl (C=O) groups is 1. The van der Waals surface area contributed by atoms with Gasteiger partial charge in [-0.15, -0.1) is 12.4 Å². The lowest BCUT2D eigenvalue weighted by atomic mass is 10.2. The maximum Gasteiger partial charge on any atom is 0.238 e. The lowest BCUT2D eigenvalue weighted by Gasteiger charge is -2.12. The van der Waals surface area contributed by atoms with E-state index < -0.39 is 0 Å². The molecule has 0 radical (unpaired) electrons. The summed E-state index contributed by atoms with van der Waals surface area (Å²) in [4.78, 5) is 11.4. The van der Waals surface area contributed by atoms with Gasteiger partial charge in [-0.1, -0.05) is 11.6 Å². The van der Waals surface area contributed by atoms with Gasteiger partial charge in [0.05, 0.1) is 19.3 Å². The molecular weight excluding hydrogens is 263 g/mol. The van der Waals surface area contributed by atoms with Crippen LogP contribution in [0.2, 0.25) is 5.02 Å². The Balaban J connectivity index is 0.00000256. The maximum atomic E-state index is 11.4. The fraction of sp³-hybridized carbons (Fsp3) is 0.364. The molecule has 0 aliphatic carbocycles. The van der Waals surface area contributed by atoms with Crippen molar-refractivity contribution in [2.24, 2.45) is 0 Å². The first-order valence-electron chi connectivity index (χ1n) is 4.87. The van der Waals surface area contributed by atoms with Crippen LogP contribution in [0.1, 0.15) is 5.56 Å². The quantitative estimate of drug-likeness (QED) is 0.888. The number of amides is 1. The number of ether oxygens (including phenoxy) is 1. The molecule has 2 N–H and O–H groups in total. The Morgan fingerprint density at radius 2 is 2.12 bits per heavy atom. The minimum Gasteiger partial charge on any atom is -0.495 e. The first-order chi connectivity index (χ1) is 7.58. The van der Waals surface area contributed by atoms with E-state index in [-0.39, 0.29) is 24.9 Å². The third kappa shape index (κ3) is 4.42. The van der Waals surface area contributed by atoms with Gasteiger partial charge in [-0.3, -0.25) is 4.79 Å². The number of rotatable bonds is 4. The molecule has 0 saturated carbocycles. The molecule has 0 heterocycles. The van der Waals surface area contributed by atoms with E-state index in [4.69, 9.17) is 16.3 Å². The van der Waals surface area contributed by atoms with Crippen LogP contribution in [0, 0.1) is 6.92 Å². The molecule has 0 unspecified atom stereocenters. The number of hydrogen-bond donors (Lipinski definition) is 2. The van der Waals surface area contributed by atoms with Crippen LogP contribution in [0.5, 0.6) is 5.75 Å². The third-order valence-electron chi connectivity index (χ3n) is 2.09. The van der Waals surface area contributed by atoms with Crippen molar-refractivity contribution in [3.05, 3.63) is 22.7 Å². The molecule has 6 heteroatoms. The minimum absolute atomic E-state index is 0. The van der Waals surface area contributed by atoms with Gasteiger partial charge < -0.3 is 15.4 Å². The highest BCUT2D eigenvalue weighted by Gasteiger charge is 2.09. The van der Waals surface area contributed by atoms with Crippen LogP contribution in [0.15, 0.2) is 12.1 Å². The zero-order valence-electron chi connectivity index (χ0n) is 9.96. The van der Waals surface area contributed by atoms with Gasteiger partial charge in [-0.2, -0.15) is 0 Å². The molecule has 0 atom stereocenters. The number of halogens is 2. The number of carbonyl (C=O) groups excluding carboxylic acids is 1. The molecule has 0 bridgehead atoms. The molecule has 1 aromatic rings. The van der Waals surface area contributed by atoms with Gasteiger partial charge in [0.15, 0.2) is 0 Å². The highest BCUT2D eigenvalue weighted by atomic mass is 35.5. The smallest absolute Gasteiger partial charge is 0.238 e. The number of anilines is 1. The molecule has 0 spiro atoms. The Morgan fingerprint density at radius 1 is 1.47 bits per heavy atom. The van der Waals surface area contributed by atoms with E-state index in [1.807, 2.05) is 6.92 Å². The largest absolute Gasteiger partial charge is 0.495 e. The van der Waals surface area contributed by atoms with E-state index in [0.717, 1.165) is 5.56 Å². The lowest BCUT2D eigenvalue weighted by Crippen LogP contribution is -2.25. The molecule has 17 heavy (non-hydrogen) atoms. The van der Waals surface area contributed by atoms with E-state index in [9.17, 15) is 4.79 Å². The first-order valence-corrected chi connectivity index (χ1v) is 5.25. The molecule has 1 aromatic carbocycles. The van der Waals surface area contributed by atoms with Crippen LogP contribution >= 0.6 is 24.0 Å². The van der Waals surface area contributed by atoms with E-state index in [2.05, 4.69) is 10.6 Å². The highest BCUT2D eigenvalue weighted by molar-refractivity contribution is 6.31. The summed E-state index contributed by atoms with van der Waals surface area (Å²) in [5.41, 5.74) is 1.52. The molecule has 0 aliphatic heterocycles. The summed E-state index contributed by atoms with van der Waals surface area (Å²) in [6.07, 6.45) is 0. The maximum absolute atomic E-state index is 11.4. The van der Waals surface area contributed by atoms with Crippen molar-refractivity contribution in [3.63, 3.8) is 0 Å². The van der Waals surface area contributed by atoms with Crippen molar-refractivity contribution >= 4 is 35.6 Å². The van der Waals surface area contributed by atoms with Gasteiger partial charge in [-0.25, -0.2) is 0 Å². The van der Waals surface area contributed by atoms with Crippen molar-refractivity contribution in [2.75, 3.05) is 26.0 Å². The highest BCUT2D eigenvalue weighted by Crippen LogP contribution is 2.30. The number of benzene rings is 1. The molecule has 1 rings (SSSR count). The van der Waals surface area contributed by atoms with Gasteiger partial charge >= 0.3 is 0 Å². The molecule has 4 nitrogen and oxygen atoms in total. The van der Waals surface area contributed by atoms with E-state index in [1.54, 1.807) is 19.2 Å². The van der Waals surface area contributed by atoms with Crippen LogP contribution in [0.3, 0.4) is 0 Å². The Bertz CT molecular complexity index is 397. The number of aryl methyl sites for hydroxylation is 1. The normalized spacial score (nSPS) is 9.41. The molecule has 96 valence electrons. The SMILES string of the molecule is CNCC(=O)Nc1cc(C)c(Cl)cc1OC.Cl. The van der Waals surface area contributed by atoms with Gasteiger partial charge in [0.25, 0.3) is 0 Å². The van der Waals surface area contributed by atoms with Crippen LogP contribution in [-0.4, -0.2) is 26.6 Å². The predicted octanol–water partition coefficient (Wildman–Crippen LogP) is 2.24. The minimum atomic E-state index is -0.123. The van der Waals surface area contributed by atoms with Crippen molar-refractivity contribution in [1.82, 2.24) is 5.32 Å². The summed E-state index contributed by atoms with van der Waals surface area (Å²) in [5, 5.41) is 6.13. The van der Waals surface area contributed by atoms with Crippen LogP contribution in [0.25, 0.3) is 0 Å². The second-order valence-corrected chi connectivity index (χ2v) is 3.79. The van der Waals surface area contributed by atoms with Gasteiger partial charge in [0, 0.05) is 11.1 Å². The van der Waals surface area contributed by atoms with Gasteiger partial charge in [0.1, 0.15) is 5.75 Å². The number of methoxy groups -OCH3 is 1.